The normalized spacial score (nSPS) is 10.7. The van der Waals surface area contributed by atoms with Gasteiger partial charge in [0.15, 0.2) is 0 Å². The van der Waals surface area contributed by atoms with Crippen molar-refractivity contribution < 1.29 is 19.0 Å². The highest BCUT2D eigenvalue weighted by molar-refractivity contribution is 5.72. The smallest absolute Gasteiger partial charge is 0.311 e. The Labute approximate surface area is 160 Å². The SMILES string of the molecule is CCOC(=O)Cc1cc(=O)n2[nH]c(NCc3cc(OC)ccc3OC)nc2n1. The minimum Gasteiger partial charge on any atom is -0.497 e. The number of esters is 1. The molecule has 0 unspecified atom stereocenters. The van der Waals surface area contributed by atoms with Crippen molar-refractivity contribution in [2.45, 2.75) is 19.9 Å². The molecule has 3 rings (SSSR count). The summed E-state index contributed by atoms with van der Waals surface area (Å²) >= 11 is 0. The van der Waals surface area contributed by atoms with Gasteiger partial charge < -0.3 is 19.5 Å². The van der Waals surface area contributed by atoms with E-state index >= 15 is 0 Å². The van der Waals surface area contributed by atoms with Gasteiger partial charge in [-0.3, -0.25) is 14.7 Å². The molecule has 2 aromatic heterocycles. The molecule has 1 aromatic carbocycles. The van der Waals surface area contributed by atoms with Crippen molar-refractivity contribution in [1.29, 1.82) is 0 Å². The molecule has 0 aliphatic carbocycles. The monoisotopic (exact) mass is 387 g/mol. The number of nitrogens with one attached hydrogen (secondary N) is 2. The van der Waals surface area contributed by atoms with E-state index < -0.39 is 5.97 Å². The van der Waals surface area contributed by atoms with Crippen LogP contribution >= 0.6 is 0 Å². The summed E-state index contributed by atoms with van der Waals surface area (Å²) < 4.78 is 16.7. The Kier molecular flexibility index (Phi) is 5.78. The van der Waals surface area contributed by atoms with Crippen LogP contribution < -0.4 is 20.3 Å². The van der Waals surface area contributed by atoms with E-state index in [1.54, 1.807) is 27.2 Å². The van der Waals surface area contributed by atoms with E-state index in [1.807, 2.05) is 12.1 Å². The number of carbonyl (C=O) groups is 1. The third-order valence-electron chi connectivity index (χ3n) is 3.95. The van der Waals surface area contributed by atoms with E-state index in [0.717, 1.165) is 5.56 Å². The first-order valence-corrected chi connectivity index (χ1v) is 8.63. The Bertz CT molecular complexity index is 1040. The van der Waals surface area contributed by atoms with Gasteiger partial charge in [0.2, 0.25) is 5.95 Å². The number of hydrogen-bond donors (Lipinski definition) is 2. The van der Waals surface area contributed by atoms with Crippen LogP contribution in [0.25, 0.3) is 5.78 Å². The summed E-state index contributed by atoms with van der Waals surface area (Å²) in [6.07, 6.45) is -0.0871. The highest BCUT2D eigenvalue weighted by Gasteiger charge is 2.12. The lowest BCUT2D eigenvalue weighted by molar-refractivity contribution is -0.142. The lowest BCUT2D eigenvalue weighted by atomic mass is 10.2. The highest BCUT2D eigenvalue weighted by atomic mass is 16.5. The maximum atomic E-state index is 12.2. The summed E-state index contributed by atoms with van der Waals surface area (Å²) in [5.41, 5.74) is 0.783. The summed E-state index contributed by atoms with van der Waals surface area (Å²) in [5.74, 6) is 1.45. The van der Waals surface area contributed by atoms with Gasteiger partial charge in [-0.2, -0.15) is 9.50 Å². The summed E-state index contributed by atoms with van der Waals surface area (Å²) in [5, 5.41) is 5.93. The van der Waals surface area contributed by atoms with Crippen molar-refractivity contribution in [2.24, 2.45) is 0 Å². The van der Waals surface area contributed by atoms with Crippen molar-refractivity contribution >= 4 is 17.7 Å². The maximum absolute atomic E-state index is 12.2. The molecule has 2 heterocycles. The predicted molar refractivity (Wildman–Crippen MR) is 101 cm³/mol. The second kappa shape index (κ2) is 8.42. The molecule has 10 nitrogen and oxygen atoms in total. The van der Waals surface area contributed by atoms with Crippen molar-refractivity contribution in [3.63, 3.8) is 0 Å². The minimum atomic E-state index is -0.447. The molecule has 0 atom stereocenters. The molecule has 0 bridgehead atoms. The van der Waals surface area contributed by atoms with Crippen LogP contribution in [0.1, 0.15) is 18.2 Å². The number of fused-ring (bicyclic) bond motifs is 1. The summed E-state index contributed by atoms with van der Waals surface area (Å²) in [6, 6.07) is 6.73. The van der Waals surface area contributed by atoms with Crippen molar-refractivity contribution in [1.82, 2.24) is 19.6 Å². The number of hydrogen-bond acceptors (Lipinski definition) is 8. The first-order chi connectivity index (χ1) is 13.5. The lowest BCUT2D eigenvalue weighted by Crippen LogP contribution is -2.18. The first-order valence-electron chi connectivity index (χ1n) is 8.63. The number of nitrogens with zero attached hydrogens (tertiary/aromatic N) is 3. The Morgan fingerprint density at radius 1 is 1.21 bits per heavy atom. The highest BCUT2D eigenvalue weighted by Crippen LogP contribution is 2.24. The van der Waals surface area contributed by atoms with Crippen LogP contribution in [-0.2, 0) is 22.5 Å². The molecule has 0 aliphatic rings. The third-order valence-corrected chi connectivity index (χ3v) is 3.95. The number of methoxy groups -OCH3 is 2. The number of benzene rings is 1. The number of aromatic nitrogens is 4. The fourth-order valence-corrected chi connectivity index (χ4v) is 2.66. The maximum Gasteiger partial charge on any atom is 0.311 e. The van der Waals surface area contributed by atoms with E-state index in [2.05, 4.69) is 20.4 Å². The molecule has 10 heteroatoms. The van der Waals surface area contributed by atoms with Gasteiger partial charge in [0, 0.05) is 18.2 Å². The molecule has 0 radical (unpaired) electrons. The molecular formula is C18H21N5O5. The van der Waals surface area contributed by atoms with E-state index in [-0.39, 0.29) is 24.4 Å². The number of carbonyl (C=O) groups excluding carboxylic acids is 1. The standard InChI is InChI=1S/C18H21N5O5/c1-4-28-16(25)9-12-8-15(24)23-18(20-12)21-17(22-23)19-10-11-7-13(26-2)5-6-14(11)27-3/h5-8H,4,9-10H2,1-3H3,(H2,19,20,21,22). The zero-order chi connectivity index (χ0) is 20.1. The quantitative estimate of drug-likeness (QED) is 0.553. The van der Waals surface area contributed by atoms with Gasteiger partial charge in [0.05, 0.1) is 32.9 Å². The molecule has 3 aromatic rings. The predicted octanol–water partition coefficient (Wildman–Crippen LogP) is 1.15. The van der Waals surface area contributed by atoms with E-state index in [4.69, 9.17) is 14.2 Å². The zero-order valence-electron chi connectivity index (χ0n) is 15.8. The molecule has 0 saturated heterocycles. The number of aromatic amines is 1. The topological polar surface area (TPSA) is 120 Å². The number of H-pyrrole nitrogens is 1. The average molecular weight is 387 g/mol. The van der Waals surface area contributed by atoms with Crippen LogP contribution in [0.2, 0.25) is 0 Å². The molecule has 0 saturated carbocycles. The van der Waals surface area contributed by atoms with Crippen LogP contribution in [0.15, 0.2) is 29.1 Å². The average Bonchev–Trinajstić information content (AvgIpc) is 3.09. The first kappa shape index (κ1) is 19.2. The minimum absolute atomic E-state index is 0.0871. The lowest BCUT2D eigenvalue weighted by Gasteiger charge is -2.10. The van der Waals surface area contributed by atoms with Crippen molar-refractivity contribution in [2.75, 3.05) is 26.1 Å². The van der Waals surface area contributed by atoms with Crippen molar-refractivity contribution in [3.8, 4) is 11.5 Å². The number of rotatable bonds is 8. The number of anilines is 1. The molecule has 28 heavy (non-hydrogen) atoms. The van der Waals surface area contributed by atoms with Crippen LogP contribution in [0.3, 0.4) is 0 Å². The van der Waals surface area contributed by atoms with E-state index in [0.29, 0.717) is 29.7 Å². The summed E-state index contributed by atoms with van der Waals surface area (Å²) in [6.45, 7) is 2.36. The van der Waals surface area contributed by atoms with E-state index in [1.165, 1.54) is 10.6 Å². The Balaban J connectivity index is 1.80. The van der Waals surface area contributed by atoms with Crippen LogP contribution in [0, 0.1) is 0 Å². The second-order valence-corrected chi connectivity index (χ2v) is 5.81. The van der Waals surface area contributed by atoms with Crippen LogP contribution in [-0.4, -0.2) is 46.4 Å². The molecular weight excluding hydrogens is 366 g/mol. The molecule has 2 N–H and O–H groups in total. The molecule has 0 spiro atoms. The Morgan fingerprint density at radius 2 is 2.04 bits per heavy atom. The second-order valence-electron chi connectivity index (χ2n) is 5.81. The van der Waals surface area contributed by atoms with Crippen LogP contribution in [0.4, 0.5) is 5.95 Å². The molecule has 0 fully saturated rings. The summed E-state index contributed by atoms with van der Waals surface area (Å²) in [7, 11) is 3.17. The number of ether oxygens (including phenoxy) is 3. The van der Waals surface area contributed by atoms with Gasteiger partial charge in [-0.25, -0.2) is 4.98 Å². The largest absolute Gasteiger partial charge is 0.497 e. The van der Waals surface area contributed by atoms with E-state index in [9.17, 15) is 9.59 Å². The van der Waals surface area contributed by atoms with Gasteiger partial charge in [-0.15, -0.1) is 0 Å². The molecule has 148 valence electrons. The van der Waals surface area contributed by atoms with Gasteiger partial charge in [-0.1, -0.05) is 0 Å². The summed E-state index contributed by atoms with van der Waals surface area (Å²) in [4.78, 5) is 32.3. The third kappa shape index (κ3) is 4.22. The van der Waals surface area contributed by atoms with Gasteiger partial charge in [0.1, 0.15) is 11.5 Å². The van der Waals surface area contributed by atoms with Crippen LogP contribution in [0.5, 0.6) is 11.5 Å². The Hall–Kier alpha value is -3.56. The zero-order valence-corrected chi connectivity index (χ0v) is 15.8. The van der Waals surface area contributed by atoms with Gasteiger partial charge in [0.25, 0.3) is 11.3 Å². The van der Waals surface area contributed by atoms with Gasteiger partial charge >= 0.3 is 5.97 Å². The molecule has 0 aliphatic heterocycles. The van der Waals surface area contributed by atoms with Gasteiger partial charge in [-0.05, 0) is 25.1 Å². The molecule has 0 amide bonds. The fraction of sp³-hybridized carbons (Fsp3) is 0.333. The fourth-order valence-electron chi connectivity index (χ4n) is 2.66. The Morgan fingerprint density at radius 3 is 2.75 bits per heavy atom. The van der Waals surface area contributed by atoms with Crippen molar-refractivity contribution in [3.05, 3.63) is 45.9 Å².